The molecule has 0 aliphatic rings. The van der Waals surface area contributed by atoms with Crippen molar-refractivity contribution in [1.29, 1.82) is 0 Å². The van der Waals surface area contributed by atoms with E-state index in [1.54, 1.807) is 12.1 Å². The van der Waals surface area contributed by atoms with Gasteiger partial charge in [0, 0.05) is 31.9 Å². The van der Waals surface area contributed by atoms with Gasteiger partial charge in [0.2, 0.25) is 0 Å². The van der Waals surface area contributed by atoms with E-state index in [-0.39, 0.29) is 11.6 Å². The lowest BCUT2D eigenvalue weighted by atomic mass is 10.2. The molecule has 8 heteroatoms. The summed E-state index contributed by atoms with van der Waals surface area (Å²) in [7, 11) is 0.0750. The average molecular weight is 309 g/mol. The molecule has 2 rings (SSSR count). The van der Waals surface area contributed by atoms with Crippen molar-refractivity contribution in [3.8, 4) is 0 Å². The van der Waals surface area contributed by atoms with Gasteiger partial charge in [-0.1, -0.05) is 6.07 Å². The number of anilines is 2. The monoisotopic (exact) mass is 309 g/mol. The summed E-state index contributed by atoms with van der Waals surface area (Å²) in [6.07, 6.45) is 1.41. The van der Waals surface area contributed by atoms with Gasteiger partial charge in [0.1, 0.15) is 0 Å². The number of sulfonamides is 1. The van der Waals surface area contributed by atoms with Gasteiger partial charge < -0.3 is 10.6 Å². The number of rotatable bonds is 5. The first kappa shape index (κ1) is 15.3. The molecule has 1 heterocycles. The van der Waals surface area contributed by atoms with Crippen molar-refractivity contribution < 1.29 is 8.42 Å². The van der Waals surface area contributed by atoms with Crippen LogP contribution in [0.2, 0.25) is 0 Å². The molecule has 2 aromatic rings. The topological polar surface area (TPSA) is 104 Å². The van der Waals surface area contributed by atoms with E-state index in [0.29, 0.717) is 11.3 Å². The molecule has 7 nitrogen and oxygen atoms in total. The van der Waals surface area contributed by atoms with Crippen molar-refractivity contribution in [1.82, 2.24) is 10.2 Å². The van der Waals surface area contributed by atoms with Crippen molar-refractivity contribution in [2.24, 2.45) is 5.73 Å². The number of nitrogens with two attached hydrogens (primary N) is 1. The second kappa shape index (κ2) is 5.74. The van der Waals surface area contributed by atoms with Crippen LogP contribution in [0.3, 0.4) is 0 Å². The second-order valence-electron chi connectivity index (χ2n) is 4.93. The number of nitrogens with one attached hydrogen (secondary N) is 2. The van der Waals surface area contributed by atoms with Gasteiger partial charge in [-0.2, -0.15) is 13.5 Å². The first-order valence-electron chi connectivity index (χ1n) is 6.38. The van der Waals surface area contributed by atoms with E-state index < -0.39 is 10.0 Å². The van der Waals surface area contributed by atoms with Crippen molar-refractivity contribution >= 4 is 21.4 Å². The van der Waals surface area contributed by atoms with Crippen LogP contribution < -0.4 is 15.4 Å². The lowest BCUT2D eigenvalue weighted by Gasteiger charge is -2.17. The summed E-state index contributed by atoms with van der Waals surface area (Å²) in [6, 6.07) is 5.37. The predicted octanol–water partition coefficient (Wildman–Crippen LogP) is 1.04. The van der Waals surface area contributed by atoms with Crippen molar-refractivity contribution in [2.75, 3.05) is 23.7 Å². The highest BCUT2D eigenvalue weighted by Gasteiger charge is 2.20. The standard InChI is InChI=1S/C13H19N5O2S/c1-9-4-5-11(6-12(9)18(2)3)17-21(19,20)13-10(7-14)8-15-16-13/h4-6,8,17H,7,14H2,1-3H3,(H,15,16). The zero-order valence-corrected chi connectivity index (χ0v) is 13.0. The summed E-state index contributed by atoms with van der Waals surface area (Å²) in [5.74, 6) is 0. The summed E-state index contributed by atoms with van der Waals surface area (Å²) in [5, 5.41) is 6.20. The Kier molecular flexibility index (Phi) is 4.19. The highest BCUT2D eigenvalue weighted by atomic mass is 32.2. The Morgan fingerprint density at radius 3 is 2.71 bits per heavy atom. The van der Waals surface area contributed by atoms with E-state index in [4.69, 9.17) is 5.73 Å². The average Bonchev–Trinajstić information content (AvgIpc) is 2.89. The van der Waals surface area contributed by atoms with Gasteiger partial charge in [-0.05, 0) is 24.6 Å². The summed E-state index contributed by atoms with van der Waals surface area (Å²) in [6.45, 7) is 2.07. The molecule has 0 unspecified atom stereocenters. The van der Waals surface area contributed by atoms with Gasteiger partial charge in [0.05, 0.1) is 11.9 Å². The van der Waals surface area contributed by atoms with Gasteiger partial charge >= 0.3 is 0 Å². The maximum absolute atomic E-state index is 12.4. The molecular formula is C13H19N5O2S. The lowest BCUT2D eigenvalue weighted by Crippen LogP contribution is -2.17. The normalized spacial score (nSPS) is 11.4. The number of benzene rings is 1. The van der Waals surface area contributed by atoms with Gasteiger partial charge in [-0.25, -0.2) is 0 Å². The van der Waals surface area contributed by atoms with E-state index in [1.165, 1.54) is 6.20 Å². The number of nitrogens with zero attached hydrogens (tertiary/aromatic N) is 2. The molecule has 1 aromatic carbocycles. The number of hydrogen-bond acceptors (Lipinski definition) is 5. The van der Waals surface area contributed by atoms with Crippen molar-refractivity contribution in [3.05, 3.63) is 35.5 Å². The molecule has 0 bridgehead atoms. The maximum atomic E-state index is 12.4. The fraction of sp³-hybridized carbons (Fsp3) is 0.308. The third kappa shape index (κ3) is 3.17. The van der Waals surface area contributed by atoms with Gasteiger partial charge in [0.25, 0.3) is 10.0 Å². The molecule has 1 aromatic heterocycles. The first-order valence-corrected chi connectivity index (χ1v) is 7.86. The van der Waals surface area contributed by atoms with Gasteiger partial charge in [-0.15, -0.1) is 0 Å². The fourth-order valence-corrected chi connectivity index (χ4v) is 3.23. The van der Waals surface area contributed by atoms with E-state index >= 15 is 0 Å². The van der Waals surface area contributed by atoms with Crippen LogP contribution >= 0.6 is 0 Å². The van der Waals surface area contributed by atoms with Crippen LogP contribution in [0.15, 0.2) is 29.4 Å². The SMILES string of the molecule is Cc1ccc(NS(=O)(=O)c2[nH]ncc2CN)cc1N(C)C. The minimum absolute atomic E-state index is 0.00280. The number of hydrogen-bond donors (Lipinski definition) is 3. The zero-order valence-electron chi connectivity index (χ0n) is 12.2. The first-order chi connectivity index (χ1) is 9.85. The molecule has 0 fully saturated rings. The maximum Gasteiger partial charge on any atom is 0.279 e. The quantitative estimate of drug-likeness (QED) is 0.765. The second-order valence-corrected chi connectivity index (χ2v) is 6.55. The number of aryl methyl sites for hydroxylation is 1. The van der Waals surface area contributed by atoms with E-state index in [2.05, 4.69) is 14.9 Å². The van der Waals surface area contributed by atoms with Crippen LogP contribution in [0, 0.1) is 6.92 Å². The lowest BCUT2D eigenvalue weighted by molar-refractivity contribution is 0.596. The Bertz CT molecular complexity index is 737. The van der Waals surface area contributed by atoms with Crippen LogP contribution in [0.1, 0.15) is 11.1 Å². The van der Waals surface area contributed by atoms with E-state index in [0.717, 1.165) is 11.3 Å². The van der Waals surface area contributed by atoms with Crippen molar-refractivity contribution in [2.45, 2.75) is 18.5 Å². The summed E-state index contributed by atoms with van der Waals surface area (Å²) >= 11 is 0. The highest BCUT2D eigenvalue weighted by molar-refractivity contribution is 7.92. The van der Waals surface area contributed by atoms with Crippen LogP contribution in [0.4, 0.5) is 11.4 Å². The molecule has 114 valence electrons. The van der Waals surface area contributed by atoms with Crippen LogP contribution in [-0.2, 0) is 16.6 Å². The Morgan fingerprint density at radius 2 is 2.10 bits per heavy atom. The minimum Gasteiger partial charge on any atom is -0.377 e. The molecule has 0 aliphatic heterocycles. The van der Waals surface area contributed by atoms with Crippen LogP contribution in [0.5, 0.6) is 0 Å². The molecule has 0 spiro atoms. The minimum atomic E-state index is -3.73. The molecule has 0 radical (unpaired) electrons. The largest absolute Gasteiger partial charge is 0.377 e. The van der Waals surface area contributed by atoms with Gasteiger partial charge in [0.15, 0.2) is 5.03 Å². The van der Waals surface area contributed by atoms with E-state index in [9.17, 15) is 8.42 Å². The summed E-state index contributed by atoms with van der Waals surface area (Å²) < 4.78 is 27.3. The molecule has 0 saturated carbocycles. The highest BCUT2D eigenvalue weighted by Crippen LogP contribution is 2.24. The molecule has 4 N–H and O–H groups in total. The summed E-state index contributed by atoms with van der Waals surface area (Å²) in [5.41, 5.74) is 8.45. The molecule has 0 atom stereocenters. The number of aromatic amines is 1. The molecule has 0 saturated heterocycles. The fourth-order valence-electron chi connectivity index (χ4n) is 2.04. The Morgan fingerprint density at radius 1 is 1.38 bits per heavy atom. The molecule has 0 amide bonds. The number of aromatic nitrogens is 2. The third-order valence-electron chi connectivity index (χ3n) is 3.11. The smallest absolute Gasteiger partial charge is 0.279 e. The Balaban J connectivity index is 2.35. The number of H-pyrrole nitrogens is 1. The van der Waals surface area contributed by atoms with Crippen molar-refractivity contribution in [3.63, 3.8) is 0 Å². The van der Waals surface area contributed by atoms with Crippen LogP contribution in [-0.4, -0.2) is 32.7 Å². The molecule has 21 heavy (non-hydrogen) atoms. The Hall–Kier alpha value is -2.06. The predicted molar refractivity (Wildman–Crippen MR) is 82.8 cm³/mol. The third-order valence-corrected chi connectivity index (χ3v) is 4.51. The van der Waals surface area contributed by atoms with Gasteiger partial charge in [-0.3, -0.25) is 9.82 Å². The molecule has 0 aliphatic carbocycles. The van der Waals surface area contributed by atoms with E-state index in [1.807, 2.05) is 32.0 Å². The summed E-state index contributed by atoms with van der Waals surface area (Å²) in [4.78, 5) is 1.93. The zero-order chi connectivity index (χ0) is 15.6. The molecular weight excluding hydrogens is 290 g/mol. The van der Waals surface area contributed by atoms with Crippen LogP contribution in [0.25, 0.3) is 0 Å². The Labute approximate surface area is 124 Å².